The molecule has 0 aromatic carbocycles. The van der Waals surface area contributed by atoms with Gasteiger partial charge in [-0.05, 0) is 54.8 Å². The molecule has 8 rings (SSSR count). The summed E-state index contributed by atoms with van der Waals surface area (Å²) in [5, 5.41) is 22.4. The summed E-state index contributed by atoms with van der Waals surface area (Å²) in [6.45, 7) is 0. The Labute approximate surface area is 258 Å². The van der Waals surface area contributed by atoms with Crippen molar-refractivity contribution in [3.63, 3.8) is 0 Å². The lowest BCUT2D eigenvalue weighted by molar-refractivity contribution is 0.425. The third-order valence-corrected chi connectivity index (χ3v) is 7.36. The van der Waals surface area contributed by atoms with Gasteiger partial charge in [-0.3, -0.25) is 15.0 Å². The van der Waals surface area contributed by atoms with Crippen LogP contribution in [0.25, 0.3) is 55.1 Å². The molecular weight excluding hydrogens is 597 g/mol. The number of halogens is 2. The zero-order chi connectivity index (χ0) is 31.3. The monoisotopic (exact) mass is 620 g/mol. The van der Waals surface area contributed by atoms with Gasteiger partial charge in [0.2, 0.25) is 0 Å². The standard InChI is InChI=1S/C15H9FN4.C11H9N3S.C5H5BFNO2/c16-10-4-9(6-17-7-10)13-5-12-11-2-1-3-18-15(11)20-14(12)8-19-13;1-15-10-5-8-7-3-2-4-12-11(7)14-9(8)6-13-10;7-5-1-4(6(9)10)2-8-3-5/h1-8H,(H,18,20);2-6H,1H3,(H,12,14);1-3,9-10H. The van der Waals surface area contributed by atoms with Crippen LogP contribution in [0.5, 0.6) is 0 Å². The molecule has 8 aromatic heterocycles. The van der Waals surface area contributed by atoms with Crippen molar-refractivity contribution in [2.75, 3.05) is 6.26 Å². The van der Waals surface area contributed by atoms with Crippen molar-refractivity contribution in [1.29, 1.82) is 0 Å². The van der Waals surface area contributed by atoms with Crippen molar-refractivity contribution in [3.05, 3.63) is 110 Å². The first-order valence-electron chi connectivity index (χ1n) is 13.5. The second-order valence-corrected chi connectivity index (χ2v) is 10.5. The molecule has 0 fully saturated rings. The number of rotatable bonds is 3. The first-order chi connectivity index (χ1) is 21.9. The molecule has 0 bridgehead atoms. The summed E-state index contributed by atoms with van der Waals surface area (Å²) >= 11 is 1.65. The molecule has 0 saturated heterocycles. The minimum absolute atomic E-state index is 0.0556. The Morgan fingerprint density at radius 3 is 1.84 bits per heavy atom. The van der Waals surface area contributed by atoms with E-state index in [2.05, 4.69) is 52.0 Å². The number of nitrogens with one attached hydrogen (secondary N) is 2. The topological polar surface area (TPSA) is 149 Å². The van der Waals surface area contributed by atoms with E-state index >= 15 is 0 Å². The van der Waals surface area contributed by atoms with Crippen LogP contribution in [0, 0.1) is 11.6 Å². The van der Waals surface area contributed by atoms with Gasteiger partial charge in [0, 0.05) is 57.4 Å². The van der Waals surface area contributed by atoms with Gasteiger partial charge < -0.3 is 20.0 Å². The van der Waals surface area contributed by atoms with E-state index in [4.69, 9.17) is 10.0 Å². The van der Waals surface area contributed by atoms with Crippen LogP contribution in [0.3, 0.4) is 0 Å². The second-order valence-electron chi connectivity index (χ2n) is 9.64. The molecule has 222 valence electrons. The van der Waals surface area contributed by atoms with Crippen molar-refractivity contribution in [2.24, 2.45) is 0 Å². The van der Waals surface area contributed by atoms with Gasteiger partial charge in [-0.15, -0.1) is 11.8 Å². The van der Waals surface area contributed by atoms with Crippen molar-refractivity contribution in [1.82, 2.24) is 39.9 Å². The summed E-state index contributed by atoms with van der Waals surface area (Å²) in [6.07, 6.45) is 14.1. The maximum absolute atomic E-state index is 13.3. The fraction of sp³-hybridized carbons (Fsp3) is 0.0323. The number of H-pyrrole nitrogens is 2. The number of nitrogens with zero attached hydrogens (tertiary/aromatic N) is 6. The van der Waals surface area contributed by atoms with Crippen LogP contribution in [0.1, 0.15) is 0 Å². The Kier molecular flexibility index (Phi) is 8.69. The molecule has 8 heterocycles. The van der Waals surface area contributed by atoms with E-state index in [9.17, 15) is 8.78 Å². The number of thioether (sulfide) groups is 1. The Bertz CT molecular complexity index is 2260. The van der Waals surface area contributed by atoms with E-state index in [-0.39, 0.29) is 11.3 Å². The summed E-state index contributed by atoms with van der Waals surface area (Å²) in [7, 11) is -1.65. The summed E-state index contributed by atoms with van der Waals surface area (Å²) in [4.78, 5) is 31.0. The van der Waals surface area contributed by atoms with Crippen molar-refractivity contribution in [3.8, 4) is 11.3 Å². The molecule has 0 unspecified atom stereocenters. The van der Waals surface area contributed by atoms with Gasteiger partial charge in [-0.25, -0.2) is 23.7 Å². The van der Waals surface area contributed by atoms with Gasteiger partial charge in [0.15, 0.2) is 0 Å². The molecule has 10 nitrogen and oxygen atoms in total. The SMILES string of the molecule is CSc1cc2c(cn1)[nH]c1ncccc12.Fc1cncc(-c2cc3c(cn2)[nH]c2ncccc23)c1.OB(O)c1cncc(F)c1. The molecule has 0 atom stereocenters. The van der Waals surface area contributed by atoms with Crippen LogP contribution in [-0.2, 0) is 0 Å². The molecule has 0 amide bonds. The highest BCUT2D eigenvalue weighted by Gasteiger charge is 2.11. The average Bonchev–Trinajstić information content (AvgIpc) is 3.63. The normalized spacial score (nSPS) is 10.9. The molecule has 0 radical (unpaired) electrons. The molecule has 0 aliphatic rings. The van der Waals surface area contributed by atoms with Crippen LogP contribution < -0.4 is 5.46 Å². The molecular formula is C31H23BF2N8O2S. The predicted octanol–water partition coefficient (Wildman–Crippen LogP) is 5.05. The van der Waals surface area contributed by atoms with E-state index in [1.54, 1.807) is 36.5 Å². The van der Waals surface area contributed by atoms with E-state index in [1.165, 1.54) is 23.8 Å². The number of hydrogen-bond donors (Lipinski definition) is 4. The van der Waals surface area contributed by atoms with E-state index in [0.29, 0.717) is 11.3 Å². The van der Waals surface area contributed by atoms with Crippen molar-refractivity contribution < 1.29 is 18.8 Å². The van der Waals surface area contributed by atoms with Crippen molar-refractivity contribution in [2.45, 2.75) is 5.03 Å². The zero-order valence-electron chi connectivity index (χ0n) is 23.6. The first-order valence-corrected chi connectivity index (χ1v) is 14.7. The van der Waals surface area contributed by atoms with Crippen LogP contribution in [0.2, 0.25) is 0 Å². The Morgan fingerprint density at radius 2 is 1.27 bits per heavy atom. The third-order valence-electron chi connectivity index (χ3n) is 6.72. The highest BCUT2D eigenvalue weighted by Crippen LogP contribution is 2.28. The largest absolute Gasteiger partial charge is 0.490 e. The fourth-order valence-electron chi connectivity index (χ4n) is 4.63. The number of hydrogen-bond acceptors (Lipinski definition) is 9. The Hall–Kier alpha value is -5.31. The number of pyridine rings is 6. The zero-order valence-corrected chi connectivity index (χ0v) is 24.4. The van der Waals surface area contributed by atoms with Gasteiger partial charge in [0.1, 0.15) is 22.9 Å². The van der Waals surface area contributed by atoms with Gasteiger partial charge in [-0.2, -0.15) is 0 Å². The number of aromatic nitrogens is 8. The lowest BCUT2D eigenvalue weighted by Gasteiger charge is -2.00. The molecule has 0 aliphatic heterocycles. The Balaban J connectivity index is 0.000000127. The fourth-order valence-corrected chi connectivity index (χ4v) is 5.02. The van der Waals surface area contributed by atoms with Crippen LogP contribution in [-0.4, -0.2) is 63.3 Å². The van der Waals surface area contributed by atoms with Crippen LogP contribution >= 0.6 is 11.8 Å². The Morgan fingerprint density at radius 1 is 0.667 bits per heavy atom. The van der Waals surface area contributed by atoms with Gasteiger partial charge >= 0.3 is 7.12 Å². The van der Waals surface area contributed by atoms with Crippen LogP contribution in [0.4, 0.5) is 8.78 Å². The predicted molar refractivity (Wildman–Crippen MR) is 172 cm³/mol. The second kappa shape index (κ2) is 13.1. The molecule has 0 spiro atoms. The van der Waals surface area contributed by atoms with E-state index < -0.39 is 12.9 Å². The van der Waals surface area contributed by atoms with Gasteiger partial charge in [-0.1, -0.05) is 0 Å². The van der Waals surface area contributed by atoms with E-state index in [0.717, 1.165) is 55.8 Å². The summed E-state index contributed by atoms with van der Waals surface area (Å²) in [6, 6.07) is 14.4. The number of aromatic amines is 2. The van der Waals surface area contributed by atoms with Crippen LogP contribution in [0.15, 0.2) is 103 Å². The van der Waals surface area contributed by atoms with Crippen molar-refractivity contribution >= 4 is 68.2 Å². The van der Waals surface area contributed by atoms with E-state index in [1.807, 2.05) is 36.7 Å². The molecule has 0 aliphatic carbocycles. The molecule has 4 N–H and O–H groups in total. The highest BCUT2D eigenvalue weighted by atomic mass is 32.2. The molecule has 0 saturated carbocycles. The third kappa shape index (κ3) is 6.62. The minimum atomic E-state index is -1.65. The maximum atomic E-state index is 13.3. The quantitative estimate of drug-likeness (QED) is 0.157. The summed E-state index contributed by atoms with van der Waals surface area (Å²) < 4.78 is 25.5. The minimum Gasteiger partial charge on any atom is -0.423 e. The highest BCUT2D eigenvalue weighted by molar-refractivity contribution is 7.98. The first kappa shape index (κ1) is 29.8. The maximum Gasteiger partial charge on any atom is 0.490 e. The number of fused-ring (bicyclic) bond motifs is 6. The summed E-state index contributed by atoms with van der Waals surface area (Å²) in [5.74, 6) is -0.949. The van der Waals surface area contributed by atoms with Gasteiger partial charge in [0.05, 0.1) is 46.5 Å². The summed E-state index contributed by atoms with van der Waals surface area (Å²) in [5.41, 5.74) is 5.10. The molecule has 8 aromatic rings. The van der Waals surface area contributed by atoms with Gasteiger partial charge in [0.25, 0.3) is 0 Å². The average molecular weight is 620 g/mol. The molecule has 14 heteroatoms. The smallest absolute Gasteiger partial charge is 0.423 e. The lowest BCUT2D eigenvalue weighted by Crippen LogP contribution is -2.30. The molecule has 45 heavy (non-hydrogen) atoms. The lowest BCUT2D eigenvalue weighted by atomic mass is 9.82.